The van der Waals surface area contributed by atoms with E-state index in [9.17, 15) is 4.79 Å². The number of ether oxygens (including phenoxy) is 1. The van der Waals surface area contributed by atoms with Crippen LogP contribution in [-0.2, 0) is 0 Å². The van der Waals surface area contributed by atoms with E-state index in [-0.39, 0.29) is 6.03 Å². The van der Waals surface area contributed by atoms with E-state index in [1.54, 1.807) is 4.90 Å². The summed E-state index contributed by atoms with van der Waals surface area (Å²) in [5.74, 6) is 2.29. The molecule has 2 heterocycles. The van der Waals surface area contributed by atoms with Crippen LogP contribution in [0.15, 0.2) is 36.4 Å². The lowest BCUT2D eigenvalue weighted by Gasteiger charge is -2.35. The van der Waals surface area contributed by atoms with Crippen LogP contribution in [0.25, 0.3) is 0 Å². The third kappa shape index (κ3) is 4.78. The van der Waals surface area contributed by atoms with E-state index < -0.39 is 0 Å². The van der Waals surface area contributed by atoms with Gasteiger partial charge in [0, 0.05) is 32.7 Å². The Labute approximate surface area is 159 Å². The van der Waals surface area contributed by atoms with Gasteiger partial charge in [0.05, 0.1) is 12.3 Å². The second-order valence-electron chi connectivity index (χ2n) is 6.14. The van der Waals surface area contributed by atoms with Crippen LogP contribution in [-0.4, -0.2) is 60.5 Å². The Morgan fingerprint density at radius 3 is 2.52 bits per heavy atom. The highest BCUT2D eigenvalue weighted by atomic mass is 16.5. The quantitative estimate of drug-likeness (QED) is 0.813. The third-order valence-electron chi connectivity index (χ3n) is 4.33. The molecule has 0 bridgehead atoms. The van der Waals surface area contributed by atoms with Gasteiger partial charge >= 0.3 is 6.03 Å². The molecule has 0 aliphatic carbocycles. The minimum atomic E-state index is -0.115. The molecule has 1 saturated heterocycles. The predicted octanol–water partition coefficient (Wildman–Crippen LogP) is 2.66. The van der Waals surface area contributed by atoms with Crippen molar-refractivity contribution in [2.24, 2.45) is 0 Å². The second kappa shape index (κ2) is 9.07. The highest BCUT2D eigenvalue weighted by molar-refractivity contribution is 5.91. The number of nitrogens with zero attached hydrogens (tertiary/aromatic N) is 4. The van der Waals surface area contributed by atoms with Crippen LogP contribution in [0, 0.1) is 0 Å². The van der Waals surface area contributed by atoms with E-state index >= 15 is 0 Å². The summed E-state index contributed by atoms with van der Waals surface area (Å²) in [6.07, 6.45) is 0. The van der Waals surface area contributed by atoms with Gasteiger partial charge in [-0.1, -0.05) is 12.1 Å². The van der Waals surface area contributed by atoms with Crippen molar-refractivity contribution >= 4 is 23.4 Å². The van der Waals surface area contributed by atoms with Crippen molar-refractivity contribution in [2.45, 2.75) is 13.8 Å². The second-order valence-corrected chi connectivity index (χ2v) is 6.14. The van der Waals surface area contributed by atoms with Crippen LogP contribution in [0.2, 0.25) is 0 Å². The number of benzene rings is 1. The molecule has 1 aliphatic heterocycles. The fraction of sp³-hybridized carbons (Fsp3) is 0.421. The summed E-state index contributed by atoms with van der Waals surface area (Å²) < 4.78 is 5.57. The number of amides is 2. The number of para-hydroxylation sites is 2. The smallest absolute Gasteiger partial charge is 0.322 e. The van der Waals surface area contributed by atoms with Gasteiger partial charge in [-0.05, 0) is 38.1 Å². The average Bonchev–Trinajstić information content (AvgIpc) is 2.71. The van der Waals surface area contributed by atoms with E-state index in [0.717, 1.165) is 31.3 Å². The molecule has 1 aromatic carbocycles. The van der Waals surface area contributed by atoms with Crippen molar-refractivity contribution in [1.82, 2.24) is 15.1 Å². The summed E-state index contributed by atoms with van der Waals surface area (Å²) in [6.45, 7) is 8.00. The predicted molar refractivity (Wildman–Crippen MR) is 107 cm³/mol. The van der Waals surface area contributed by atoms with Crippen LogP contribution in [0.3, 0.4) is 0 Å². The van der Waals surface area contributed by atoms with Crippen molar-refractivity contribution in [1.29, 1.82) is 0 Å². The molecule has 0 saturated carbocycles. The standard InChI is InChI=1S/C19H26N6O2/c1-3-20-17-9-10-18(23-22-17)24-11-13-25(14-12-24)19(26)21-15-7-5-6-8-16(15)27-4-2/h5-10H,3-4,11-14H2,1-2H3,(H,20,22)(H,21,26). The van der Waals surface area contributed by atoms with Crippen LogP contribution in [0.1, 0.15) is 13.8 Å². The van der Waals surface area contributed by atoms with Crippen LogP contribution >= 0.6 is 0 Å². The molecule has 0 radical (unpaired) electrons. The first-order valence-electron chi connectivity index (χ1n) is 9.31. The monoisotopic (exact) mass is 370 g/mol. The highest BCUT2D eigenvalue weighted by Crippen LogP contribution is 2.24. The molecule has 8 nitrogen and oxygen atoms in total. The molecule has 0 atom stereocenters. The molecule has 3 rings (SSSR count). The maximum Gasteiger partial charge on any atom is 0.322 e. The van der Waals surface area contributed by atoms with E-state index in [4.69, 9.17) is 4.74 Å². The van der Waals surface area contributed by atoms with E-state index in [1.165, 1.54) is 0 Å². The van der Waals surface area contributed by atoms with Crippen molar-refractivity contribution in [3.8, 4) is 5.75 Å². The first-order chi connectivity index (χ1) is 13.2. The minimum Gasteiger partial charge on any atom is -0.492 e. The van der Waals surface area contributed by atoms with Gasteiger partial charge in [-0.2, -0.15) is 0 Å². The summed E-state index contributed by atoms with van der Waals surface area (Å²) in [6, 6.07) is 11.2. The number of urea groups is 1. The summed E-state index contributed by atoms with van der Waals surface area (Å²) in [5, 5.41) is 14.5. The number of piperazine rings is 1. The van der Waals surface area contributed by atoms with Gasteiger partial charge in [-0.25, -0.2) is 4.79 Å². The van der Waals surface area contributed by atoms with E-state index in [2.05, 4.69) is 25.7 Å². The fourth-order valence-corrected chi connectivity index (χ4v) is 2.95. The van der Waals surface area contributed by atoms with Gasteiger partial charge in [-0.15, -0.1) is 10.2 Å². The molecule has 2 N–H and O–H groups in total. The van der Waals surface area contributed by atoms with Gasteiger partial charge in [0.15, 0.2) is 5.82 Å². The number of aromatic nitrogens is 2. The molecule has 1 aromatic heterocycles. The Morgan fingerprint density at radius 1 is 1.07 bits per heavy atom. The molecule has 144 valence electrons. The Balaban J connectivity index is 1.55. The lowest BCUT2D eigenvalue weighted by molar-refractivity contribution is 0.208. The number of hydrogen-bond donors (Lipinski definition) is 2. The van der Waals surface area contributed by atoms with Crippen molar-refractivity contribution in [2.75, 3.05) is 54.9 Å². The fourth-order valence-electron chi connectivity index (χ4n) is 2.95. The minimum absolute atomic E-state index is 0.115. The lowest BCUT2D eigenvalue weighted by atomic mass is 10.3. The average molecular weight is 370 g/mol. The summed E-state index contributed by atoms with van der Waals surface area (Å²) >= 11 is 0. The molecule has 1 aliphatic rings. The Bertz CT molecular complexity index is 744. The molecular weight excluding hydrogens is 344 g/mol. The number of rotatable bonds is 6. The van der Waals surface area contributed by atoms with Gasteiger partial charge in [0.1, 0.15) is 11.6 Å². The molecule has 27 heavy (non-hydrogen) atoms. The number of carbonyl (C=O) groups is 1. The Morgan fingerprint density at radius 2 is 1.85 bits per heavy atom. The van der Waals surface area contributed by atoms with Crippen LogP contribution in [0.5, 0.6) is 5.75 Å². The normalized spacial score (nSPS) is 14.0. The topological polar surface area (TPSA) is 82.6 Å². The first-order valence-corrected chi connectivity index (χ1v) is 9.31. The number of anilines is 3. The zero-order valence-corrected chi connectivity index (χ0v) is 15.8. The van der Waals surface area contributed by atoms with Crippen LogP contribution < -0.4 is 20.3 Å². The van der Waals surface area contributed by atoms with Crippen molar-refractivity contribution in [3.05, 3.63) is 36.4 Å². The Hall–Kier alpha value is -3.03. The maximum atomic E-state index is 12.6. The third-order valence-corrected chi connectivity index (χ3v) is 4.33. The molecule has 8 heteroatoms. The molecule has 2 aromatic rings. The number of hydrogen-bond acceptors (Lipinski definition) is 6. The van der Waals surface area contributed by atoms with Gasteiger partial charge in [0.2, 0.25) is 0 Å². The zero-order chi connectivity index (χ0) is 19.1. The summed E-state index contributed by atoms with van der Waals surface area (Å²) in [5.41, 5.74) is 0.691. The molecule has 0 unspecified atom stereocenters. The molecule has 0 spiro atoms. The number of nitrogens with one attached hydrogen (secondary N) is 2. The van der Waals surface area contributed by atoms with Crippen molar-refractivity contribution < 1.29 is 9.53 Å². The lowest BCUT2D eigenvalue weighted by Crippen LogP contribution is -2.50. The SMILES string of the molecule is CCNc1ccc(N2CCN(C(=O)Nc3ccccc3OCC)CC2)nn1. The van der Waals surface area contributed by atoms with Crippen molar-refractivity contribution in [3.63, 3.8) is 0 Å². The zero-order valence-electron chi connectivity index (χ0n) is 15.8. The highest BCUT2D eigenvalue weighted by Gasteiger charge is 2.22. The Kier molecular flexibility index (Phi) is 6.30. The van der Waals surface area contributed by atoms with Gasteiger partial charge < -0.3 is 25.2 Å². The van der Waals surface area contributed by atoms with E-state index in [1.807, 2.05) is 50.2 Å². The molecule has 2 amide bonds. The molecule has 1 fully saturated rings. The van der Waals surface area contributed by atoms with Gasteiger partial charge in [-0.3, -0.25) is 0 Å². The van der Waals surface area contributed by atoms with Crippen LogP contribution in [0.4, 0.5) is 22.1 Å². The van der Waals surface area contributed by atoms with Gasteiger partial charge in [0.25, 0.3) is 0 Å². The number of carbonyl (C=O) groups excluding carboxylic acids is 1. The maximum absolute atomic E-state index is 12.6. The largest absolute Gasteiger partial charge is 0.492 e. The molecular formula is C19H26N6O2. The van der Waals surface area contributed by atoms with E-state index in [0.29, 0.717) is 31.1 Å². The summed E-state index contributed by atoms with van der Waals surface area (Å²) in [7, 11) is 0. The summed E-state index contributed by atoms with van der Waals surface area (Å²) in [4.78, 5) is 16.5. The first kappa shape index (κ1) is 18.8.